The molecule has 0 aromatic heterocycles. The van der Waals surface area contributed by atoms with Crippen LogP contribution in [0, 0.1) is 0 Å². The minimum atomic E-state index is -0.403. The van der Waals surface area contributed by atoms with Crippen LogP contribution >= 0.6 is 15.9 Å². The summed E-state index contributed by atoms with van der Waals surface area (Å²) in [6.45, 7) is 4.07. The first-order chi connectivity index (χ1) is 5.65. The van der Waals surface area contributed by atoms with E-state index < -0.39 is 6.04 Å². The molecule has 1 aliphatic heterocycles. The van der Waals surface area contributed by atoms with Crippen LogP contribution in [-0.2, 0) is 9.53 Å². The zero-order valence-electron chi connectivity index (χ0n) is 7.00. The van der Waals surface area contributed by atoms with Gasteiger partial charge in [0.15, 0.2) is 10.8 Å². The zero-order chi connectivity index (χ0) is 9.14. The van der Waals surface area contributed by atoms with E-state index in [1.54, 1.807) is 6.92 Å². The second-order valence-electron chi connectivity index (χ2n) is 2.55. The molecular weight excluding hydrogens is 224 g/mol. The molecule has 0 aliphatic carbocycles. The van der Waals surface area contributed by atoms with Crippen molar-refractivity contribution in [3.8, 4) is 0 Å². The van der Waals surface area contributed by atoms with E-state index in [9.17, 15) is 4.79 Å². The van der Waals surface area contributed by atoms with Gasteiger partial charge in [0.25, 0.3) is 0 Å². The fraction of sp³-hybridized carbons (Fsp3) is 0.714. The van der Waals surface area contributed by atoms with Gasteiger partial charge in [0.05, 0.1) is 12.6 Å². The molecular formula is C7H11BrN2O2. The molecule has 0 amide bonds. The molecule has 0 spiro atoms. The van der Waals surface area contributed by atoms with E-state index in [0.717, 1.165) is 0 Å². The molecule has 0 fully saturated rings. The van der Waals surface area contributed by atoms with E-state index in [-0.39, 0.29) is 12.0 Å². The Labute approximate surface area is 79.5 Å². The fourth-order valence-electron chi connectivity index (χ4n) is 1.02. The summed E-state index contributed by atoms with van der Waals surface area (Å²) in [6, 6.07) is -0.391. The van der Waals surface area contributed by atoms with Crippen LogP contribution in [0.2, 0.25) is 0 Å². The lowest BCUT2D eigenvalue weighted by molar-refractivity contribution is -0.144. The van der Waals surface area contributed by atoms with E-state index in [2.05, 4.69) is 26.2 Å². The summed E-state index contributed by atoms with van der Waals surface area (Å²) in [7, 11) is 0. The Kier molecular flexibility index (Phi) is 3.08. The lowest BCUT2D eigenvalue weighted by Crippen LogP contribution is -2.36. The van der Waals surface area contributed by atoms with Gasteiger partial charge in [-0.25, -0.2) is 9.79 Å². The number of esters is 1. The van der Waals surface area contributed by atoms with Crippen LogP contribution in [0.4, 0.5) is 0 Å². The lowest BCUT2D eigenvalue weighted by atomic mass is 10.2. The molecule has 1 N–H and O–H groups in total. The monoisotopic (exact) mass is 234 g/mol. The second-order valence-corrected chi connectivity index (χ2v) is 3.30. The Bertz CT molecular complexity index is 217. The van der Waals surface area contributed by atoms with Crippen LogP contribution < -0.4 is 5.32 Å². The van der Waals surface area contributed by atoms with Crippen LogP contribution in [0.1, 0.15) is 13.8 Å². The third-order valence-corrected chi connectivity index (χ3v) is 2.03. The first-order valence-electron chi connectivity index (χ1n) is 3.81. The maximum absolute atomic E-state index is 11.2. The number of hydrogen-bond acceptors (Lipinski definition) is 4. The smallest absolute Gasteiger partial charge is 0.333 e. The summed E-state index contributed by atoms with van der Waals surface area (Å²) < 4.78 is 5.46. The van der Waals surface area contributed by atoms with Crippen molar-refractivity contribution in [2.45, 2.75) is 25.9 Å². The Morgan fingerprint density at radius 1 is 1.83 bits per heavy atom. The third-order valence-electron chi connectivity index (χ3n) is 1.60. The molecule has 4 nitrogen and oxygen atoms in total. The molecule has 0 saturated heterocycles. The number of hydrogen-bond donors (Lipinski definition) is 1. The quantitative estimate of drug-likeness (QED) is 0.565. The molecule has 2 unspecified atom stereocenters. The normalized spacial score (nSPS) is 27.8. The topological polar surface area (TPSA) is 50.7 Å². The van der Waals surface area contributed by atoms with Crippen molar-refractivity contribution >= 4 is 26.6 Å². The summed E-state index contributed by atoms with van der Waals surface area (Å²) in [5.74, 6) is -0.271. The SMILES string of the molecule is CCOC(=O)C1N=C(Br)NC1C. The highest BCUT2D eigenvalue weighted by Gasteiger charge is 2.31. The van der Waals surface area contributed by atoms with E-state index in [1.807, 2.05) is 6.92 Å². The van der Waals surface area contributed by atoms with Gasteiger partial charge in [-0.2, -0.15) is 0 Å². The Morgan fingerprint density at radius 2 is 2.50 bits per heavy atom. The highest BCUT2D eigenvalue weighted by atomic mass is 79.9. The van der Waals surface area contributed by atoms with Crippen LogP contribution in [0.5, 0.6) is 0 Å². The molecule has 5 heteroatoms. The van der Waals surface area contributed by atoms with Gasteiger partial charge >= 0.3 is 5.97 Å². The molecule has 68 valence electrons. The second kappa shape index (κ2) is 3.89. The van der Waals surface area contributed by atoms with Gasteiger partial charge in [-0.05, 0) is 29.8 Å². The summed E-state index contributed by atoms with van der Waals surface area (Å²) in [4.78, 5) is 15.2. The van der Waals surface area contributed by atoms with Gasteiger partial charge in [-0.1, -0.05) is 0 Å². The molecule has 0 aromatic carbocycles. The molecule has 1 rings (SSSR count). The summed E-state index contributed by atoms with van der Waals surface area (Å²) in [6.07, 6.45) is 0. The largest absolute Gasteiger partial charge is 0.464 e. The number of aliphatic imine (C=N–C) groups is 1. The van der Waals surface area contributed by atoms with Crippen molar-refractivity contribution in [3.63, 3.8) is 0 Å². The van der Waals surface area contributed by atoms with Gasteiger partial charge in [-0.15, -0.1) is 0 Å². The molecule has 1 aliphatic rings. The number of amidine groups is 1. The molecule has 0 bridgehead atoms. The van der Waals surface area contributed by atoms with Gasteiger partial charge < -0.3 is 10.1 Å². The van der Waals surface area contributed by atoms with Crippen LogP contribution in [0.15, 0.2) is 4.99 Å². The number of carbonyl (C=O) groups excluding carboxylic acids is 1. The average molecular weight is 235 g/mol. The zero-order valence-corrected chi connectivity index (χ0v) is 8.59. The highest BCUT2D eigenvalue weighted by molar-refractivity contribution is 9.18. The minimum absolute atomic E-state index is 0.0124. The van der Waals surface area contributed by atoms with Crippen molar-refractivity contribution in [3.05, 3.63) is 0 Å². The maximum atomic E-state index is 11.2. The molecule has 2 atom stereocenters. The van der Waals surface area contributed by atoms with Crippen molar-refractivity contribution in [1.82, 2.24) is 5.32 Å². The van der Waals surface area contributed by atoms with Crippen LogP contribution in [0.3, 0.4) is 0 Å². The van der Waals surface area contributed by atoms with Crippen molar-refractivity contribution in [2.24, 2.45) is 4.99 Å². The first kappa shape index (κ1) is 9.51. The Balaban J connectivity index is 2.57. The Hall–Kier alpha value is -0.580. The van der Waals surface area contributed by atoms with Crippen molar-refractivity contribution in [2.75, 3.05) is 6.61 Å². The maximum Gasteiger partial charge on any atom is 0.333 e. The molecule has 1 heterocycles. The van der Waals surface area contributed by atoms with E-state index in [1.165, 1.54) is 0 Å². The summed E-state index contributed by atoms with van der Waals surface area (Å²) in [5.41, 5.74) is 0. The van der Waals surface area contributed by atoms with E-state index >= 15 is 0 Å². The fourth-order valence-corrected chi connectivity index (χ4v) is 1.60. The number of halogens is 1. The van der Waals surface area contributed by atoms with Gasteiger partial charge in [-0.3, -0.25) is 0 Å². The van der Waals surface area contributed by atoms with E-state index in [0.29, 0.717) is 11.4 Å². The Morgan fingerprint density at radius 3 is 2.92 bits per heavy atom. The molecule has 12 heavy (non-hydrogen) atoms. The lowest BCUT2D eigenvalue weighted by Gasteiger charge is -2.11. The van der Waals surface area contributed by atoms with E-state index in [4.69, 9.17) is 4.74 Å². The standard InChI is InChI=1S/C7H11BrN2O2/c1-3-12-6(11)5-4(2)9-7(8)10-5/h4-5H,3H2,1-2H3,(H,9,10). The van der Waals surface area contributed by atoms with Crippen LogP contribution in [0.25, 0.3) is 0 Å². The predicted octanol–water partition coefficient (Wildman–Crippen LogP) is 0.661. The number of nitrogens with zero attached hydrogens (tertiary/aromatic N) is 1. The summed E-state index contributed by atoms with van der Waals surface area (Å²) >= 11 is 3.17. The third kappa shape index (κ3) is 1.97. The number of nitrogens with one attached hydrogen (secondary N) is 1. The predicted molar refractivity (Wildman–Crippen MR) is 49.4 cm³/mol. The van der Waals surface area contributed by atoms with Gasteiger partial charge in [0.1, 0.15) is 0 Å². The van der Waals surface area contributed by atoms with Gasteiger partial charge in [0.2, 0.25) is 0 Å². The molecule has 0 aromatic rings. The number of ether oxygens (including phenoxy) is 1. The summed E-state index contributed by atoms with van der Waals surface area (Å²) in [5, 5.41) is 2.97. The van der Waals surface area contributed by atoms with Crippen molar-refractivity contribution < 1.29 is 9.53 Å². The average Bonchev–Trinajstić information content (AvgIpc) is 2.30. The van der Waals surface area contributed by atoms with Crippen LogP contribution in [-0.4, -0.2) is 29.4 Å². The number of rotatable bonds is 2. The molecule has 0 radical (unpaired) electrons. The highest BCUT2D eigenvalue weighted by Crippen LogP contribution is 2.11. The minimum Gasteiger partial charge on any atom is -0.464 e. The van der Waals surface area contributed by atoms with Gasteiger partial charge in [0, 0.05) is 0 Å². The molecule has 0 saturated carbocycles. The first-order valence-corrected chi connectivity index (χ1v) is 4.61. The number of carbonyl (C=O) groups is 1. The van der Waals surface area contributed by atoms with Crippen molar-refractivity contribution in [1.29, 1.82) is 0 Å².